The van der Waals surface area contributed by atoms with E-state index in [1.807, 2.05) is 40.7 Å². The van der Waals surface area contributed by atoms with Crippen molar-refractivity contribution in [3.63, 3.8) is 0 Å². The summed E-state index contributed by atoms with van der Waals surface area (Å²) in [6.07, 6.45) is 6.83. The molecule has 1 amide bonds. The Bertz CT molecular complexity index is 1120. The maximum absolute atomic E-state index is 12.8. The molecule has 0 spiro atoms. The molecule has 200 valence electrons. The first-order valence-corrected chi connectivity index (χ1v) is 13.1. The summed E-state index contributed by atoms with van der Waals surface area (Å²) < 4.78 is 12.2. The van der Waals surface area contributed by atoms with Crippen molar-refractivity contribution in [2.75, 3.05) is 18.4 Å². The van der Waals surface area contributed by atoms with Crippen LogP contribution in [0.5, 0.6) is 5.88 Å². The number of piperidine rings is 1. The van der Waals surface area contributed by atoms with E-state index in [0.717, 1.165) is 24.0 Å². The van der Waals surface area contributed by atoms with Gasteiger partial charge in [-0.15, -0.1) is 6.58 Å². The normalized spacial score (nSPS) is 23.9. The highest BCUT2D eigenvalue weighted by atomic mass is 35.5. The van der Waals surface area contributed by atoms with E-state index >= 15 is 0 Å². The lowest BCUT2D eigenvalue weighted by Gasteiger charge is -2.42. The molecule has 0 aromatic carbocycles. The van der Waals surface area contributed by atoms with Gasteiger partial charge in [-0.3, -0.25) is 0 Å². The number of halogens is 1. The number of allylic oxidation sites excluding steroid dienone is 3. The zero-order valence-corrected chi connectivity index (χ0v) is 23.4. The molecule has 1 aliphatic heterocycles. The number of rotatable bonds is 7. The number of nitrogens with one attached hydrogen (secondary N) is 1. The van der Waals surface area contributed by atoms with E-state index < -0.39 is 5.60 Å². The van der Waals surface area contributed by atoms with E-state index in [1.165, 1.54) is 6.33 Å². The highest BCUT2D eigenvalue weighted by molar-refractivity contribution is 6.30. The minimum Gasteiger partial charge on any atom is -0.473 e. The summed E-state index contributed by atoms with van der Waals surface area (Å²) in [6.45, 7) is 16.8. The second-order valence-corrected chi connectivity index (χ2v) is 11.5. The van der Waals surface area contributed by atoms with Gasteiger partial charge in [0.25, 0.3) is 0 Å². The maximum atomic E-state index is 12.8. The Morgan fingerprint density at radius 1 is 1.35 bits per heavy atom. The highest BCUT2D eigenvalue weighted by Gasteiger charge is 2.39. The first-order valence-electron chi connectivity index (χ1n) is 12.7. The van der Waals surface area contributed by atoms with Crippen LogP contribution in [0.1, 0.15) is 59.4 Å². The predicted octanol–water partition coefficient (Wildman–Crippen LogP) is 6.15. The van der Waals surface area contributed by atoms with Gasteiger partial charge in [-0.1, -0.05) is 30.2 Å². The fourth-order valence-corrected chi connectivity index (χ4v) is 4.88. The van der Waals surface area contributed by atoms with Gasteiger partial charge in [0.15, 0.2) is 0 Å². The summed E-state index contributed by atoms with van der Waals surface area (Å²) in [7, 11) is 0. The average Bonchev–Trinajstić information content (AvgIpc) is 2.81. The van der Waals surface area contributed by atoms with Crippen LogP contribution in [0.4, 0.5) is 10.6 Å². The number of carbonyl (C=O) groups is 1. The molecule has 1 aromatic heterocycles. The van der Waals surface area contributed by atoms with Crippen molar-refractivity contribution in [1.29, 1.82) is 5.26 Å². The lowest BCUT2D eigenvalue weighted by Crippen LogP contribution is -2.53. The van der Waals surface area contributed by atoms with Gasteiger partial charge in [-0.2, -0.15) is 5.26 Å². The van der Waals surface area contributed by atoms with E-state index in [0.29, 0.717) is 41.8 Å². The second kappa shape index (κ2) is 12.0. The Hall–Kier alpha value is -3.05. The molecule has 2 aliphatic rings. The van der Waals surface area contributed by atoms with Crippen molar-refractivity contribution in [3.8, 4) is 11.9 Å². The van der Waals surface area contributed by atoms with E-state index in [2.05, 4.69) is 34.9 Å². The van der Waals surface area contributed by atoms with Crippen molar-refractivity contribution in [2.24, 2.45) is 11.8 Å². The highest BCUT2D eigenvalue weighted by Crippen LogP contribution is 2.34. The first-order chi connectivity index (χ1) is 17.4. The van der Waals surface area contributed by atoms with E-state index in [4.69, 9.17) is 26.3 Å². The number of likely N-dealkylation sites (tertiary alicyclic amines) is 1. The van der Waals surface area contributed by atoms with Crippen LogP contribution >= 0.6 is 11.6 Å². The number of anilines is 1. The molecule has 4 unspecified atom stereocenters. The van der Waals surface area contributed by atoms with E-state index in [1.54, 1.807) is 11.0 Å². The number of nitrogens with zero attached hydrogens (tertiary/aromatic N) is 4. The van der Waals surface area contributed by atoms with Crippen molar-refractivity contribution in [1.82, 2.24) is 14.9 Å². The third-order valence-electron chi connectivity index (χ3n) is 6.51. The molecule has 4 atom stereocenters. The van der Waals surface area contributed by atoms with Crippen molar-refractivity contribution in [3.05, 3.63) is 46.8 Å². The number of hydrogen-bond donors (Lipinski definition) is 1. The Balaban J connectivity index is 1.78. The summed E-state index contributed by atoms with van der Waals surface area (Å²) in [5.41, 5.74) is 1.88. The second-order valence-electron chi connectivity index (χ2n) is 11.1. The standard InChI is InChI=1S/C28H38ClN5O3/c1-17(2)8-10-21-15-34(27(35)37-28(5,6)7)14-18(3)24(21)36-26-19(4)25(31-16-32-26)33-23-11-9-20(13-30)12-22(23)29/h9,12,16,18,21,23-24H,1,8,10-11,14-15H2,2-7H3,(H,31,32,33). The maximum Gasteiger partial charge on any atom is 0.410 e. The topological polar surface area (TPSA) is 100 Å². The van der Waals surface area contributed by atoms with Crippen molar-refractivity contribution < 1.29 is 14.3 Å². The molecule has 0 radical (unpaired) electrons. The zero-order chi connectivity index (χ0) is 27.3. The van der Waals surface area contributed by atoms with Crippen LogP contribution in [0.2, 0.25) is 0 Å². The van der Waals surface area contributed by atoms with Crippen molar-refractivity contribution in [2.45, 2.75) is 78.6 Å². The molecule has 1 aliphatic carbocycles. The smallest absolute Gasteiger partial charge is 0.410 e. The quantitative estimate of drug-likeness (QED) is 0.424. The molecule has 1 N–H and O–H groups in total. The average molecular weight is 528 g/mol. The van der Waals surface area contributed by atoms with Gasteiger partial charge in [0, 0.05) is 35.5 Å². The summed E-state index contributed by atoms with van der Waals surface area (Å²) in [5.74, 6) is 1.29. The molecule has 3 rings (SSSR count). The van der Waals surface area contributed by atoms with Crippen LogP contribution in [-0.4, -0.2) is 51.8 Å². The number of carbonyl (C=O) groups excluding carboxylic acids is 1. The lowest BCUT2D eigenvalue weighted by atomic mass is 9.83. The summed E-state index contributed by atoms with van der Waals surface area (Å²) in [4.78, 5) is 23.5. The number of nitriles is 1. The Kier molecular flexibility index (Phi) is 9.25. The van der Waals surface area contributed by atoms with Crippen molar-refractivity contribution >= 4 is 23.5 Å². The molecule has 2 heterocycles. The van der Waals surface area contributed by atoms with Crippen LogP contribution < -0.4 is 10.1 Å². The minimum atomic E-state index is -0.551. The molecule has 8 nitrogen and oxygen atoms in total. The zero-order valence-electron chi connectivity index (χ0n) is 22.7. The predicted molar refractivity (Wildman–Crippen MR) is 145 cm³/mol. The van der Waals surface area contributed by atoms with Crippen LogP contribution in [0.15, 0.2) is 41.2 Å². The SMILES string of the molecule is C=C(C)CCC1CN(C(=O)OC(C)(C)C)CC(C)C1Oc1ncnc(NC2CC=C(C#N)C=C2Cl)c1C. The number of amides is 1. The third kappa shape index (κ3) is 7.72. The molecule has 0 bridgehead atoms. The molecular formula is C28H38ClN5O3. The molecule has 37 heavy (non-hydrogen) atoms. The fourth-order valence-electron chi connectivity index (χ4n) is 4.62. The molecule has 1 aromatic rings. The van der Waals surface area contributed by atoms with E-state index in [9.17, 15) is 4.79 Å². The number of hydrogen-bond acceptors (Lipinski definition) is 7. The molecular weight excluding hydrogens is 490 g/mol. The van der Waals surface area contributed by atoms with Gasteiger partial charge < -0.3 is 19.7 Å². The summed E-state index contributed by atoms with van der Waals surface area (Å²) >= 11 is 6.41. The first kappa shape index (κ1) is 28.5. The summed E-state index contributed by atoms with van der Waals surface area (Å²) in [5, 5.41) is 13.0. The summed E-state index contributed by atoms with van der Waals surface area (Å²) in [6, 6.07) is 1.94. The lowest BCUT2D eigenvalue weighted by molar-refractivity contribution is -0.0256. The number of ether oxygens (including phenoxy) is 2. The Morgan fingerprint density at radius 3 is 2.70 bits per heavy atom. The van der Waals surface area contributed by atoms with Crippen LogP contribution in [-0.2, 0) is 4.74 Å². The van der Waals surface area contributed by atoms with Crippen LogP contribution in [0.25, 0.3) is 0 Å². The molecule has 9 heteroatoms. The fraction of sp³-hybridized carbons (Fsp3) is 0.571. The molecule has 0 saturated carbocycles. The van der Waals surface area contributed by atoms with Gasteiger partial charge in [0.2, 0.25) is 5.88 Å². The van der Waals surface area contributed by atoms with Gasteiger partial charge in [0.1, 0.15) is 23.9 Å². The van der Waals surface area contributed by atoms with Gasteiger partial charge in [-0.25, -0.2) is 14.8 Å². The molecule has 1 fully saturated rings. The number of aromatic nitrogens is 2. The van der Waals surface area contributed by atoms with Gasteiger partial charge in [0.05, 0.1) is 17.7 Å². The third-order valence-corrected chi connectivity index (χ3v) is 6.88. The van der Waals surface area contributed by atoms with Gasteiger partial charge in [-0.05, 0) is 60.0 Å². The van der Waals surface area contributed by atoms with Gasteiger partial charge >= 0.3 is 6.09 Å². The Labute approximate surface area is 225 Å². The van der Waals surface area contributed by atoms with Crippen LogP contribution in [0.3, 0.4) is 0 Å². The Morgan fingerprint density at radius 2 is 2.08 bits per heavy atom. The van der Waals surface area contributed by atoms with E-state index in [-0.39, 0.29) is 30.1 Å². The van der Waals surface area contributed by atoms with Crippen LogP contribution in [0, 0.1) is 30.1 Å². The monoisotopic (exact) mass is 527 g/mol. The largest absolute Gasteiger partial charge is 0.473 e. The molecule has 1 saturated heterocycles. The minimum absolute atomic E-state index is 0.0624.